The van der Waals surface area contributed by atoms with Crippen LogP contribution in [0, 0.1) is 5.92 Å². The Balaban J connectivity index is 1.31. The van der Waals surface area contributed by atoms with Crippen LogP contribution in [0.15, 0.2) is 83.0 Å². The highest BCUT2D eigenvalue weighted by Gasteiger charge is 2.29. The van der Waals surface area contributed by atoms with Gasteiger partial charge in [0, 0.05) is 19.5 Å². The van der Waals surface area contributed by atoms with Crippen molar-refractivity contribution in [2.45, 2.75) is 65.3 Å². The zero-order valence-corrected chi connectivity index (χ0v) is 25.6. The van der Waals surface area contributed by atoms with Gasteiger partial charge >= 0.3 is 18.2 Å². The normalized spacial score (nSPS) is 13.4. The van der Waals surface area contributed by atoms with Gasteiger partial charge in [0.15, 0.2) is 6.04 Å². The van der Waals surface area contributed by atoms with Crippen LogP contribution < -0.4 is 0 Å². The van der Waals surface area contributed by atoms with Gasteiger partial charge in [0.2, 0.25) is 0 Å². The molecule has 2 amide bonds. The lowest BCUT2D eigenvalue weighted by Crippen LogP contribution is -2.33. The fourth-order valence-corrected chi connectivity index (χ4v) is 4.92. The Morgan fingerprint density at radius 1 is 0.860 bits per heavy atom. The predicted octanol–water partition coefficient (Wildman–Crippen LogP) is 7.52. The van der Waals surface area contributed by atoms with E-state index in [9.17, 15) is 14.4 Å². The van der Waals surface area contributed by atoms with Crippen molar-refractivity contribution < 1.29 is 28.6 Å². The molecule has 0 spiro atoms. The summed E-state index contributed by atoms with van der Waals surface area (Å²) in [5, 5.41) is 7.69. The van der Waals surface area contributed by atoms with Crippen LogP contribution in [0.1, 0.15) is 62.8 Å². The summed E-state index contributed by atoms with van der Waals surface area (Å²) in [6, 6.07) is 22.5. The zero-order chi connectivity index (χ0) is 31.1. The molecule has 0 heterocycles. The molecule has 0 bridgehead atoms. The Morgan fingerprint density at radius 2 is 1.47 bits per heavy atom. The molecule has 0 unspecified atom stereocenters. The summed E-state index contributed by atoms with van der Waals surface area (Å²) in [5.41, 5.74) is 5.47. The molecule has 43 heavy (non-hydrogen) atoms. The number of ether oxygens (including phenoxy) is 3. The number of amides is 2. The van der Waals surface area contributed by atoms with Crippen LogP contribution in [-0.4, -0.2) is 48.4 Å². The van der Waals surface area contributed by atoms with Crippen molar-refractivity contribution >= 4 is 18.2 Å². The van der Waals surface area contributed by atoms with Gasteiger partial charge in [0.25, 0.3) is 0 Å². The fraction of sp³-hybridized carbons (Fsp3) is 0.382. The smallest absolute Gasteiger partial charge is 0.452 e. The molecule has 3 aromatic rings. The van der Waals surface area contributed by atoms with E-state index in [0.29, 0.717) is 6.54 Å². The summed E-state index contributed by atoms with van der Waals surface area (Å²) in [7, 11) is 1.66. The molecule has 4 rings (SSSR count). The quantitative estimate of drug-likeness (QED) is 0.146. The van der Waals surface area contributed by atoms with Gasteiger partial charge in [-0.2, -0.15) is 5.11 Å². The van der Waals surface area contributed by atoms with Crippen LogP contribution in [0.5, 0.6) is 0 Å². The second kappa shape index (κ2) is 13.6. The monoisotopic (exact) mass is 585 g/mol. The third-order valence-corrected chi connectivity index (χ3v) is 6.97. The number of azo groups is 1. The first-order valence-corrected chi connectivity index (χ1v) is 14.4. The van der Waals surface area contributed by atoms with Crippen molar-refractivity contribution in [3.8, 4) is 11.1 Å². The molecule has 0 aromatic heterocycles. The number of benzene rings is 3. The van der Waals surface area contributed by atoms with Crippen LogP contribution in [0.25, 0.3) is 11.1 Å². The summed E-state index contributed by atoms with van der Waals surface area (Å²) in [4.78, 5) is 39.2. The van der Waals surface area contributed by atoms with Crippen molar-refractivity contribution in [3.63, 3.8) is 0 Å². The van der Waals surface area contributed by atoms with E-state index in [1.807, 2.05) is 81.4 Å². The lowest BCUT2D eigenvalue weighted by molar-refractivity contribution is -0.147. The van der Waals surface area contributed by atoms with Gasteiger partial charge in [-0.3, -0.25) is 0 Å². The highest BCUT2D eigenvalue weighted by molar-refractivity contribution is 5.79. The summed E-state index contributed by atoms with van der Waals surface area (Å²) < 4.78 is 16.4. The summed E-state index contributed by atoms with van der Waals surface area (Å²) in [6.45, 7) is 9.50. The maximum absolute atomic E-state index is 12.9. The van der Waals surface area contributed by atoms with Crippen molar-refractivity contribution in [2.24, 2.45) is 16.1 Å². The number of rotatable bonds is 9. The molecule has 0 fully saturated rings. The summed E-state index contributed by atoms with van der Waals surface area (Å²) in [5.74, 6) is -0.954. The minimum atomic E-state index is -0.970. The van der Waals surface area contributed by atoms with Crippen molar-refractivity contribution in [1.82, 2.24) is 4.90 Å². The molecule has 3 aromatic carbocycles. The number of fused-ring (bicyclic) bond motifs is 3. The molecule has 9 heteroatoms. The summed E-state index contributed by atoms with van der Waals surface area (Å²) in [6.07, 6.45) is -1.28. The Kier molecular flexibility index (Phi) is 9.95. The number of carbonyl (C=O) groups excluding carboxylic acids is 3. The first kappa shape index (κ1) is 31.4. The second-order valence-corrected chi connectivity index (χ2v) is 12.0. The average molecular weight is 586 g/mol. The molecule has 9 nitrogen and oxygen atoms in total. The average Bonchev–Trinajstić information content (AvgIpc) is 3.28. The molecule has 0 saturated heterocycles. The van der Waals surface area contributed by atoms with E-state index < -0.39 is 29.8 Å². The minimum Gasteiger partial charge on any atom is -0.459 e. The topological polar surface area (TPSA) is 107 Å². The number of hydrogen-bond acceptors (Lipinski definition) is 7. The van der Waals surface area contributed by atoms with Crippen molar-refractivity contribution in [1.29, 1.82) is 0 Å². The lowest BCUT2D eigenvalue weighted by atomic mass is 9.98. The maximum Gasteiger partial charge on any atom is 0.452 e. The molecular weight excluding hydrogens is 546 g/mol. The molecular formula is C34H39N3O6. The molecule has 0 saturated carbocycles. The second-order valence-electron chi connectivity index (χ2n) is 12.0. The fourth-order valence-electron chi connectivity index (χ4n) is 4.92. The van der Waals surface area contributed by atoms with Crippen LogP contribution in [0.3, 0.4) is 0 Å². The number of hydrogen-bond donors (Lipinski definition) is 0. The maximum atomic E-state index is 12.9. The van der Waals surface area contributed by atoms with Gasteiger partial charge < -0.3 is 19.1 Å². The Labute approximate surface area is 252 Å². The van der Waals surface area contributed by atoms with Crippen LogP contribution in [0.4, 0.5) is 9.59 Å². The highest BCUT2D eigenvalue weighted by Crippen LogP contribution is 2.44. The van der Waals surface area contributed by atoms with Gasteiger partial charge in [-0.1, -0.05) is 91.8 Å². The molecule has 0 N–H and O–H groups in total. The first-order valence-electron chi connectivity index (χ1n) is 14.4. The molecule has 1 aliphatic rings. The SMILES string of the molecule is CC(C)[C@H](N=NC(=O)OCC1c2ccccc2-c2ccccc21)C(=O)OCc1cccc(CN(C)C(=O)OC(C)(C)C)c1. The minimum absolute atomic E-state index is 0.00646. The highest BCUT2D eigenvalue weighted by atomic mass is 16.6. The Bertz CT molecular complexity index is 1450. The van der Waals surface area contributed by atoms with E-state index in [4.69, 9.17) is 14.2 Å². The Hall–Kier alpha value is -4.53. The van der Waals surface area contributed by atoms with E-state index in [2.05, 4.69) is 22.4 Å². The largest absolute Gasteiger partial charge is 0.459 e. The van der Waals surface area contributed by atoms with E-state index >= 15 is 0 Å². The van der Waals surface area contributed by atoms with Gasteiger partial charge in [0.1, 0.15) is 18.8 Å². The van der Waals surface area contributed by atoms with Gasteiger partial charge in [-0.15, -0.1) is 0 Å². The number of esters is 1. The Morgan fingerprint density at radius 3 is 2.07 bits per heavy atom. The van der Waals surface area contributed by atoms with Crippen LogP contribution in [-0.2, 0) is 32.2 Å². The van der Waals surface area contributed by atoms with Gasteiger partial charge in [-0.25, -0.2) is 14.4 Å². The number of carbonyl (C=O) groups is 3. The standard InChI is InChI=1S/C34H39N3O6/c1-22(2)30(31(38)41-20-24-13-11-12-23(18-24)19-37(6)33(40)43-34(3,4)5)35-36-32(39)42-21-29-27-16-9-7-14-25(27)26-15-8-10-17-28(26)29/h7-18,22,29-30H,19-21H2,1-6H3/t30-/m0/s1. The summed E-state index contributed by atoms with van der Waals surface area (Å²) >= 11 is 0. The molecule has 1 atom stereocenters. The third-order valence-electron chi connectivity index (χ3n) is 6.97. The lowest BCUT2D eigenvalue weighted by Gasteiger charge is -2.24. The zero-order valence-electron chi connectivity index (χ0n) is 25.6. The van der Waals surface area contributed by atoms with E-state index in [0.717, 1.165) is 33.4 Å². The van der Waals surface area contributed by atoms with Crippen LogP contribution in [0.2, 0.25) is 0 Å². The molecule has 226 valence electrons. The first-order chi connectivity index (χ1) is 20.4. The van der Waals surface area contributed by atoms with Gasteiger partial charge in [-0.05, 0) is 60.1 Å². The van der Waals surface area contributed by atoms with Crippen molar-refractivity contribution in [2.75, 3.05) is 13.7 Å². The van der Waals surface area contributed by atoms with Gasteiger partial charge in [0.05, 0.1) is 0 Å². The van der Waals surface area contributed by atoms with E-state index in [1.165, 1.54) is 4.90 Å². The number of nitrogens with zero attached hydrogens (tertiary/aromatic N) is 3. The predicted molar refractivity (Wildman–Crippen MR) is 162 cm³/mol. The molecule has 1 aliphatic carbocycles. The van der Waals surface area contributed by atoms with Crippen LogP contribution >= 0.6 is 0 Å². The van der Waals surface area contributed by atoms with Crippen molar-refractivity contribution in [3.05, 3.63) is 95.1 Å². The molecule has 0 radical (unpaired) electrons. The third kappa shape index (κ3) is 8.28. The molecule has 0 aliphatic heterocycles. The van der Waals surface area contributed by atoms with E-state index in [-0.39, 0.29) is 25.0 Å². The van der Waals surface area contributed by atoms with E-state index in [1.54, 1.807) is 20.9 Å².